The Morgan fingerprint density at radius 1 is 1.35 bits per heavy atom. The maximum Gasteiger partial charge on any atom is 0.261 e. The lowest BCUT2D eigenvalue weighted by molar-refractivity contribution is 0.0700. The number of hydrogen-bond acceptors (Lipinski definition) is 3. The Morgan fingerprint density at radius 3 is 2.40 bits per heavy atom. The van der Waals surface area contributed by atoms with E-state index in [9.17, 15) is 13.2 Å². The van der Waals surface area contributed by atoms with E-state index < -0.39 is 9.05 Å². The van der Waals surface area contributed by atoms with Crippen molar-refractivity contribution in [2.75, 3.05) is 6.54 Å². The molecule has 0 aliphatic rings. The molecule has 1 aromatic rings. The number of nitrogens with zero attached hydrogens (tertiary/aromatic N) is 1. The molecule has 1 rings (SSSR count). The topological polar surface area (TPSA) is 54.5 Å². The number of carbonyl (C=O) groups excluding carboxylic acids is 1. The third-order valence-corrected chi connectivity index (χ3v) is 4.86. The largest absolute Gasteiger partial charge is 0.336 e. The molecule has 0 fully saturated rings. The molecule has 1 unspecified atom stereocenters. The van der Waals surface area contributed by atoms with Crippen LogP contribution in [0, 0.1) is 0 Å². The molecule has 0 N–H and O–H groups in total. The van der Waals surface area contributed by atoms with Crippen LogP contribution in [-0.2, 0) is 9.05 Å². The van der Waals surface area contributed by atoms with Gasteiger partial charge in [0.25, 0.3) is 15.0 Å². The first-order valence-corrected chi connectivity index (χ1v) is 8.96. The van der Waals surface area contributed by atoms with E-state index in [-0.39, 0.29) is 27.4 Å². The van der Waals surface area contributed by atoms with Gasteiger partial charge in [-0.1, -0.05) is 18.5 Å². The molecule has 0 aliphatic carbocycles. The van der Waals surface area contributed by atoms with Gasteiger partial charge < -0.3 is 4.90 Å². The van der Waals surface area contributed by atoms with E-state index in [2.05, 4.69) is 0 Å². The van der Waals surface area contributed by atoms with Crippen LogP contribution in [0.4, 0.5) is 0 Å². The van der Waals surface area contributed by atoms with E-state index in [1.807, 2.05) is 20.8 Å². The summed E-state index contributed by atoms with van der Waals surface area (Å²) in [6.07, 6.45) is 0.796. The maximum absolute atomic E-state index is 12.5. The molecular formula is C13H17Cl2NO3S. The first-order valence-electron chi connectivity index (χ1n) is 6.27. The SMILES string of the molecule is CCC(C)N(CC)C(=O)c1cc(S(=O)(=O)Cl)ccc1Cl. The molecule has 0 aliphatic heterocycles. The fourth-order valence-corrected chi connectivity index (χ4v) is 2.83. The highest BCUT2D eigenvalue weighted by Crippen LogP contribution is 2.24. The van der Waals surface area contributed by atoms with Crippen molar-refractivity contribution in [2.45, 2.75) is 38.1 Å². The van der Waals surface area contributed by atoms with Crippen LogP contribution in [-0.4, -0.2) is 31.8 Å². The number of hydrogen-bond donors (Lipinski definition) is 0. The Morgan fingerprint density at radius 2 is 1.95 bits per heavy atom. The Bertz CT molecular complexity index is 602. The van der Waals surface area contributed by atoms with Crippen LogP contribution >= 0.6 is 22.3 Å². The second-order valence-electron chi connectivity index (χ2n) is 4.43. The predicted octanol–water partition coefficient (Wildman–Crippen LogP) is 3.53. The van der Waals surface area contributed by atoms with Gasteiger partial charge in [0.1, 0.15) is 0 Å². The van der Waals surface area contributed by atoms with E-state index in [1.54, 1.807) is 4.90 Å². The zero-order chi connectivity index (χ0) is 15.5. The van der Waals surface area contributed by atoms with Crippen molar-refractivity contribution in [1.82, 2.24) is 4.90 Å². The molecule has 0 saturated carbocycles. The van der Waals surface area contributed by atoms with Crippen LogP contribution < -0.4 is 0 Å². The van der Waals surface area contributed by atoms with Gasteiger partial charge in [0.15, 0.2) is 0 Å². The number of carbonyl (C=O) groups is 1. The smallest absolute Gasteiger partial charge is 0.261 e. The van der Waals surface area contributed by atoms with E-state index in [0.717, 1.165) is 6.42 Å². The molecule has 0 bridgehead atoms. The van der Waals surface area contributed by atoms with Gasteiger partial charge in [-0.05, 0) is 38.5 Å². The average molecular weight is 338 g/mol. The highest BCUT2D eigenvalue weighted by molar-refractivity contribution is 8.13. The molecule has 0 saturated heterocycles. The summed E-state index contributed by atoms with van der Waals surface area (Å²) in [5.41, 5.74) is 0.149. The van der Waals surface area contributed by atoms with Crippen molar-refractivity contribution in [1.29, 1.82) is 0 Å². The van der Waals surface area contributed by atoms with Crippen molar-refractivity contribution in [3.8, 4) is 0 Å². The number of rotatable bonds is 5. The van der Waals surface area contributed by atoms with Gasteiger partial charge in [-0.25, -0.2) is 8.42 Å². The van der Waals surface area contributed by atoms with E-state index in [4.69, 9.17) is 22.3 Å². The van der Waals surface area contributed by atoms with Crippen LogP contribution in [0.15, 0.2) is 23.1 Å². The van der Waals surface area contributed by atoms with Crippen LogP contribution in [0.2, 0.25) is 5.02 Å². The summed E-state index contributed by atoms with van der Waals surface area (Å²) in [5.74, 6) is -0.297. The van der Waals surface area contributed by atoms with Crippen LogP contribution in [0.1, 0.15) is 37.6 Å². The third-order valence-electron chi connectivity index (χ3n) is 3.17. The van der Waals surface area contributed by atoms with Crippen molar-refractivity contribution >= 4 is 37.2 Å². The highest BCUT2D eigenvalue weighted by Gasteiger charge is 2.23. The van der Waals surface area contributed by atoms with Crippen molar-refractivity contribution in [3.63, 3.8) is 0 Å². The second-order valence-corrected chi connectivity index (χ2v) is 7.40. The summed E-state index contributed by atoms with van der Waals surface area (Å²) in [6, 6.07) is 3.91. The Hall–Kier alpha value is -0.780. The zero-order valence-corrected chi connectivity index (χ0v) is 13.9. The van der Waals surface area contributed by atoms with E-state index in [0.29, 0.717) is 6.54 Å². The molecule has 0 heterocycles. The molecule has 0 radical (unpaired) electrons. The molecule has 7 heteroatoms. The van der Waals surface area contributed by atoms with Crippen molar-refractivity contribution < 1.29 is 13.2 Å². The minimum atomic E-state index is -3.89. The normalized spacial score (nSPS) is 13.1. The van der Waals surface area contributed by atoms with E-state index >= 15 is 0 Å². The summed E-state index contributed by atoms with van der Waals surface area (Å²) in [6.45, 7) is 6.28. The highest BCUT2D eigenvalue weighted by atomic mass is 35.7. The van der Waals surface area contributed by atoms with Crippen molar-refractivity contribution in [3.05, 3.63) is 28.8 Å². The fraction of sp³-hybridized carbons (Fsp3) is 0.462. The lowest BCUT2D eigenvalue weighted by Gasteiger charge is -2.27. The zero-order valence-electron chi connectivity index (χ0n) is 11.6. The summed E-state index contributed by atoms with van der Waals surface area (Å²) in [4.78, 5) is 14.0. The van der Waals surface area contributed by atoms with Gasteiger partial charge in [0.05, 0.1) is 15.5 Å². The molecule has 1 atom stereocenters. The quantitative estimate of drug-likeness (QED) is 0.772. The predicted molar refractivity (Wildman–Crippen MR) is 81.0 cm³/mol. The van der Waals surface area contributed by atoms with E-state index in [1.165, 1.54) is 18.2 Å². The lowest BCUT2D eigenvalue weighted by atomic mass is 10.1. The molecule has 112 valence electrons. The number of amides is 1. The standard InChI is InChI=1S/C13H17Cl2NO3S/c1-4-9(3)16(5-2)13(17)11-8-10(20(15,18)19)6-7-12(11)14/h6-9H,4-5H2,1-3H3. The number of benzene rings is 1. The first-order chi connectivity index (χ1) is 9.22. The summed E-state index contributed by atoms with van der Waals surface area (Å²) in [5, 5.41) is 0.209. The van der Waals surface area contributed by atoms with Crippen LogP contribution in [0.25, 0.3) is 0 Å². The monoisotopic (exact) mass is 337 g/mol. The lowest BCUT2D eigenvalue weighted by Crippen LogP contribution is -2.38. The molecule has 1 aromatic carbocycles. The van der Waals surface area contributed by atoms with Gasteiger partial charge in [-0.15, -0.1) is 0 Å². The molecule has 4 nitrogen and oxygen atoms in total. The Labute approximate surface area is 129 Å². The second kappa shape index (κ2) is 6.78. The van der Waals surface area contributed by atoms with Crippen LogP contribution in [0.5, 0.6) is 0 Å². The Kier molecular flexibility index (Phi) is 5.86. The molecule has 0 aromatic heterocycles. The maximum atomic E-state index is 12.5. The molecule has 20 heavy (non-hydrogen) atoms. The van der Waals surface area contributed by atoms with Crippen molar-refractivity contribution in [2.24, 2.45) is 0 Å². The number of halogens is 2. The van der Waals surface area contributed by atoms with Gasteiger partial charge >= 0.3 is 0 Å². The van der Waals surface area contributed by atoms with Gasteiger partial charge in [0.2, 0.25) is 0 Å². The first kappa shape index (κ1) is 17.3. The Balaban J connectivity index is 3.28. The van der Waals surface area contributed by atoms with Gasteiger partial charge in [-0.3, -0.25) is 4.79 Å². The fourth-order valence-electron chi connectivity index (χ4n) is 1.85. The molecule has 1 amide bonds. The van der Waals surface area contributed by atoms with Gasteiger partial charge in [0, 0.05) is 23.3 Å². The van der Waals surface area contributed by atoms with Gasteiger partial charge in [-0.2, -0.15) is 0 Å². The molecule has 0 spiro atoms. The molecular weight excluding hydrogens is 321 g/mol. The average Bonchev–Trinajstić information content (AvgIpc) is 2.38. The summed E-state index contributed by atoms with van der Waals surface area (Å²) < 4.78 is 22.7. The minimum Gasteiger partial charge on any atom is -0.336 e. The third kappa shape index (κ3) is 3.87. The minimum absolute atomic E-state index is 0.0415. The summed E-state index contributed by atoms with van der Waals surface area (Å²) >= 11 is 6.00. The van der Waals surface area contributed by atoms with Crippen LogP contribution in [0.3, 0.4) is 0 Å². The summed E-state index contributed by atoms with van der Waals surface area (Å²) in [7, 11) is 1.40.